The predicted octanol–water partition coefficient (Wildman–Crippen LogP) is 3.01. The second-order valence-corrected chi connectivity index (χ2v) is 6.05. The van der Waals surface area contributed by atoms with E-state index in [1.165, 1.54) is 11.1 Å². The summed E-state index contributed by atoms with van der Waals surface area (Å²) in [5, 5.41) is 4.00. The van der Waals surface area contributed by atoms with Gasteiger partial charge in [0.05, 0.1) is 6.04 Å². The van der Waals surface area contributed by atoms with Gasteiger partial charge < -0.3 is 10.3 Å². The molecule has 0 bridgehead atoms. The predicted molar refractivity (Wildman–Crippen MR) is 74.7 cm³/mol. The van der Waals surface area contributed by atoms with Crippen molar-refractivity contribution in [2.24, 2.45) is 11.1 Å². The Kier molecular flexibility index (Phi) is 3.71. The van der Waals surface area contributed by atoms with E-state index >= 15 is 0 Å². The van der Waals surface area contributed by atoms with Gasteiger partial charge in [-0.2, -0.15) is 4.98 Å². The van der Waals surface area contributed by atoms with Crippen LogP contribution >= 0.6 is 0 Å². The third-order valence-electron chi connectivity index (χ3n) is 3.17. The quantitative estimate of drug-likeness (QED) is 0.920. The van der Waals surface area contributed by atoms with E-state index in [2.05, 4.69) is 62.1 Å². The van der Waals surface area contributed by atoms with Crippen LogP contribution < -0.4 is 5.73 Å². The van der Waals surface area contributed by atoms with Gasteiger partial charge in [-0.25, -0.2) is 0 Å². The third kappa shape index (κ3) is 3.41. The molecule has 0 fully saturated rings. The highest BCUT2D eigenvalue weighted by Gasteiger charge is 2.27. The summed E-state index contributed by atoms with van der Waals surface area (Å²) in [6.07, 6.45) is 0.667. The van der Waals surface area contributed by atoms with E-state index < -0.39 is 0 Å². The van der Waals surface area contributed by atoms with Crippen LogP contribution in [0.25, 0.3) is 0 Å². The molecule has 4 nitrogen and oxygen atoms in total. The average molecular weight is 259 g/mol. The van der Waals surface area contributed by atoms with Crippen molar-refractivity contribution in [1.82, 2.24) is 10.1 Å². The standard InChI is InChI=1S/C15H21N3O/c1-10-5-7-11(8-6-10)9-12-17-14(19-18-12)13(16)15(2,3)4/h5-8,13H,9,16H2,1-4H3. The normalized spacial score (nSPS) is 13.5. The van der Waals surface area contributed by atoms with Crippen LogP contribution in [-0.2, 0) is 6.42 Å². The number of hydrogen-bond acceptors (Lipinski definition) is 4. The van der Waals surface area contributed by atoms with Gasteiger partial charge in [-0.05, 0) is 17.9 Å². The van der Waals surface area contributed by atoms with Gasteiger partial charge in [0.15, 0.2) is 5.82 Å². The van der Waals surface area contributed by atoms with Gasteiger partial charge in [0.25, 0.3) is 0 Å². The maximum atomic E-state index is 6.10. The van der Waals surface area contributed by atoms with Crippen molar-refractivity contribution in [3.05, 3.63) is 47.1 Å². The number of hydrogen-bond donors (Lipinski definition) is 1. The molecule has 1 aromatic heterocycles. The van der Waals surface area contributed by atoms with Gasteiger partial charge in [0, 0.05) is 6.42 Å². The molecular formula is C15H21N3O. The molecule has 0 saturated carbocycles. The molecule has 0 spiro atoms. The van der Waals surface area contributed by atoms with Gasteiger partial charge >= 0.3 is 0 Å². The zero-order valence-corrected chi connectivity index (χ0v) is 12.0. The van der Waals surface area contributed by atoms with E-state index in [1.807, 2.05) is 0 Å². The fourth-order valence-electron chi connectivity index (χ4n) is 1.72. The van der Waals surface area contributed by atoms with Crippen LogP contribution in [0.4, 0.5) is 0 Å². The topological polar surface area (TPSA) is 64.9 Å². The molecule has 1 atom stereocenters. The smallest absolute Gasteiger partial charge is 0.244 e. The Labute approximate surface area is 114 Å². The summed E-state index contributed by atoms with van der Waals surface area (Å²) in [5.41, 5.74) is 8.42. The van der Waals surface area contributed by atoms with Gasteiger partial charge in [-0.15, -0.1) is 0 Å². The monoisotopic (exact) mass is 259 g/mol. The largest absolute Gasteiger partial charge is 0.338 e. The molecular weight excluding hydrogens is 238 g/mol. The van der Waals surface area contributed by atoms with E-state index in [-0.39, 0.29) is 11.5 Å². The van der Waals surface area contributed by atoms with Crippen molar-refractivity contribution >= 4 is 0 Å². The minimum atomic E-state index is -0.244. The molecule has 19 heavy (non-hydrogen) atoms. The molecule has 0 radical (unpaired) electrons. The maximum Gasteiger partial charge on any atom is 0.244 e. The lowest BCUT2D eigenvalue weighted by Crippen LogP contribution is -2.26. The molecule has 102 valence electrons. The highest BCUT2D eigenvalue weighted by Crippen LogP contribution is 2.29. The molecule has 0 aliphatic heterocycles. The Morgan fingerprint density at radius 1 is 1.21 bits per heavy atom. The molecule has 2 aromatic rings. The van der Waals surface area contributed by atoms with Gasteiger partial charge in [-0.3, -0.25) is 0 Å². The molecule has 1 heterocycles. The number of benzene rings is 1. The van der Waals surface area contributed by atoms with Gasteiger partial charge in [0.2, 0.25) is 5.89 Å². The number of nitrogens with two attached hydrogens (primary N) is 1. The Morgan fingerprint density at radius 2 is 1.84 bits per heavy atom. The molecule has 0 amide bonds. The number of nitrogens with zero attached hydrogens (tertiary/aromatic N) is 2. The summed E-state index contributed by atoms with van der Waals surface area (Å²) >= 11 is 0. The summed E-state index contributed by atoms with van der Waals surface area (Å²) in [7, 11) is 0. The zero-order chi connectivity index (χ0) is 14.0. The second-order valence-electron chi connectivity index (χ2n) is 6.05. The lowest BCUT2D eigenvalue weighted by molar-refractivity contribution is 0.252. The van der Waals surface area contributed by atoms with Gasteiger partial charge in [0.1, 0.15) is 0 Å². The Balaban J connectivity index is 2.11. The molecule has 4 heteroatoms. The third-order valence-corrected chi connectivity index (χ3v) is 3.17. The highest BCUT2D eigenvalue weighted by atomic mass is 16.5. The summed E-state index contributed by atoms with van der Waals surface area (Å²) < 4.78 is 5.26. The minimum Gasteiger partial charge on any atom is -0.338 e. The average Bonchev–Trinajstić information content (AvgIpc) is 2.78. The summed E-state index contributed by atoms with van der Waals surface area (Å²) in [6.45, 7) is 8.24. The number of aromatic nitrogens is 2. The molecule has 2 N–H and O–H groups in total. The summed E-state index contributed by atoms with van der Waals surface area (Å²) in [5.74, 6) is 1.19. The van der Waals surface area contributed by atoms with Crippen LogP contribution in [0.2, 0.25) is 0 Å². The van der Waals surface area contributed by atoms with E-state index in [0.717, 1.165) is 0 Å². The first-order valence-electron chi connectivity index (χ1n) is 6.50. The minimum absolute atomic E-state index is 0.0896. The zero-order valence-electron chi connectivity index (χ0n) is 12.0. The van der Waals surface area contributed by atoms with Crippen molar-refractivity contribution in [1.29, 1.82) is 0 Å². The van der Waals surface area contributed by atoms with E-state index in [0.29, 0.717) is 18.1 Å². The fourth-order valence-corrected chi connectivity index (χ4v) is 1.72. The first-order valence-corrected chi connectivity index (χ1v) is 6.50. The van der Waals surface area contributed by atoms with Crippen molar-refractivity contribution < 1.29 is 4.52 Å². The lowest BCUT2D eigenvalue weighted by Gasteiger charge is -2.23. The summed E-state index contributed by atoms with van der Waals surface area (Å²) in [4.78, 5) is 4.39. The molecule has 0 saturated heterocycles. The first kappa shape index (κ1) is 13.7. The van der Waals surface area contributed by atoms with Crippen LogP contribution in [0.15, 0.2) is 28.8 Å². The van der Waals surface area contributed by atoms with E-state index in [9.17, 15) is 0 Å². The number of aryl methyl sites for hydroxylation is 1. The van der Waals surface area contributed by atoms with Crippen LogP contribution in [-0.4, -0.2) is 10.1 Å². The van der Waals surface area contributed by atoms with Crippen LogP contribution in [0, 0.1) is 12.3 Å². The molecule has 1 unspecified atom stereocenters. The molecule has 2 rings (SSSR count). The van der Waals surface area contributed by atoms with Crippen LogP contribution in [0.1, 0.15) is 49.7 Å². The fraction of sp³-hybridized carbons (Fsp3) is 0.467. The SMILES string of the molecule is Cc1ccc(Cc2noc(C(N)C(C)(C)C)n2)cc1. The van der Waals surface area contributed by atoms with Crippen LogP contribution in [0.3, 0.4) is 0 Å². The maximum absolute atomic E-state index is 6.10. The Morgan fingerprint density at radius 3 is 2.42 bits per heavy atom. The van der Waals surface area contributed by atoms with Crippen molar-refractivity contribution in [2.75, 3.05) is 0 Å². The van der Waals surface area contributed by atoms with E-state index in [4.69, 9.17) is 10.3 Å². The lowest BCUT2D eigenvalue weighted by atomic mass is 9.87. The first-order chi connectivity index (χ1) is 8.86. The van der Waals surface area contributed by atoms with Crippen LogP contribution in [0.5, 0.6) is 0 Å². The highest BCUT2D eigenvalue weighted by molar-refractivity contribution is 5.23. The van der Waals surface area contributed by atoms with Crippen molar-refractivity contribution in [3.8, 4) is 0 Å². The van der Waals surface area contributed by atoms with Crippen molar-refractivity contribution in [2.45, 2.75) is 40.2 Å². The number of rotatable bonds is 3. The van der Waals surface area contributed by atoms with E-state index in [1.54, 1.807) is 0 Å². The Bertz CT molecular complexity index is 537. The molecule has 1 aromatic carbocycles. The second kappa shape index (κ2) is 5.13. The van der Waals surface area contributed by atoms with Crippen molar-refractivity contribution in [3.63, 3.8) is 0 Å². The molecule has 0 aliphatic carbocycles. The Hall–Kier alpha value is -1.68. The molecule has 0 aliphatic rings. The van der Waals surface area contributed by atoms with Gasteiger partial charge in [-0.1, -0.05) is 55.8 Å². The summed E-state index contributed by atoms with van der Waals surface area (Å²) in [6, 6.07) is 8.07.